The molecule has 1 aliphatic rings. The van der Waals surface area contributed by atoms with Gasteiger partial charge < -0.3 is 15.8 Å². The van der Waals surface area contributed by atoms with E-state index >= 15 is 0 Å². The predicted molar refractivity (Wildman–Crippen MR) is 59.4 cm³/mol. The van der Waals surface area contributed by atoms with Gasteiger partial charge in [-0.1, -0.05) is 6.92 Å². The number of carbonyl (C=O) groups is 1. The number of rotatable bonds is 6. The number of nitrogens with two attached hydrogens (primary N) is 1. The largest absolute Gasteiger partial charge is 0.385 e. The van der Waals surface area contributed by atoms with Crippen LogP contribution in [0.5, 0.6) is 0 Å². The number of nitrogens with one attached hydrogen (secondary N) is 1. The van der Waals surface area contributed by atoms with Crippen molar-refractivity contribution in [2.45, 2.75) is 44.7 Å². The van der Waals surface area contributed by atoms with Crippen molar-refractivity contribution in [3.05, 3.63) is 0 Å². The van der Waals surface area contributed by atoms with E-state index < -0.39 is 0 Å². The van der Waals surface area contributed by atoms with Gasteiger partial charge in [-0.2, -0.15) is 0 Å². The van der Waals surface area contributed by atoms with Crippen LogP contribution in [-0.4, -0.2) is 31.7 Å². The first-order valence-electron chi connectivity index (χ1n) is 5.68. The number of carbonyl (C=O) groups excluding carboxylic acids is 1. The van der Waals surface area contributed by atoms with E-state index in [1.165, 1.54) is 0 Å². The second kappa shape index (κ2) is 6.08. The molecular formula is C11H22N2O2. The van der Waals surface area contributed by atoms with Gasteiger partial charge in [0.2, 0.25) is 5.91 Å². The standard InChI is InChI=1S/C11H22N2O2/c1-8-6-9(7-8)13-11(14)10(12)4-3-5-15-2/h8-10H,3-7,12H2,1-2H3,(H,13,14). The first-order chi connectivity index (χ1) is 7.13. The van der Waals surface area contributed by atoms with Gasteiger partial charge in [0.15, 0.2) is 0 Å². The molecule has 0 aromatic carbocycles. The topological polar surface area (TPSA) is 64.3 Å². The average molecular weight is 214 g/mol. The molecule has 0 spiro atoms. The van der Waals surface area contributed by atoms with Crippen LogP contribution in [0.1, 0.15) is 32.6 Å². The fraction of sp³-hybridized carbons (Fsp3) is 0.909. The Kier molecular flexibility index (Phi) is 5.05. The fourth-order valence-electron chi connectivity index (χ4n) is 1.91. The Morgan fingerprint density at radius 2 is 2.27 bits per heavy atom. The van der Waals surface area contributed by atoms with Gasteiger partial charge in [-0.05, 0) is 31.6 Å². The first kappa shape index (κ1) is 12.5. The Labute approximate surface area is 91.5 Å². The van der Waals surface area contributed by atoms with Gasteiger partial charge in [0.25, 0.3) is 0 Å². The van der Waals surface area contributed by atoms with Crippen LogP contribution in [0.3, 0.4) is 0 Å². The Morgan fingerprint density at radius 1 is 1.60 bits per heavy atom. The molecule has 4 heteroatoms. The predicted octanol–water partition coefficient (Wildman–Crippen LogP) is 0.655. The normalized spacial score (nSPS) is 26.9. The molecule has 0 bridgehead atoms. The molecular weight excluding hydrogens is 192 g/mol. The van der Waals surface area contributed by atoms with Crippen molar-refractivity contribution in [1.82, 2.24) is 5.32 Å². The third kappa shape index (κ3) is 4.18. The summed E-state index contributed by atoms with van der Waals surface area (Å²) in [7, 11) is 1.65. The second-order valence-electron chi connectivity index (χ2n) is 4.52. The summed E-state index contributed by atoms with van der Waals surface area (Å²) in [6.45, 7) is 2.86. The minimum absolute atomic E-state index is 0.0111. The van der Waals surface area contributed by atoms with E-state index in [0.29, 0.717) is 19.1 Å². The zero-order valence-corrected chi connectivity index (χ0v) is 9.66. The van der Waals surface area contributed by atoms with Crippen molar-refractivity contribution in [1.29, 1.82) is 0 Å². The highest BCUT2D eigenvalue weighted by molar-refractivity contribution is 5.81. The summed E-state index contributed by atoms with van der Waals surface area (Å²) in [5.41, 5.74) is 5.75. The summed E-state index contributed by atoms with van der Waals surface area (Å²) in [4.78, 5) is 11.6. The summed E-state index contributed by atoms with van der Waals surface area (Å²) >= 11 is 0. The molecule has 0 saturated heterocycles. The van der Waals surface area contributed by atoms with Crippen LogP contribution in [0.15, 0.2) is 0 Å². The van der Waals surface area contributed by atoms with Crippen molar-refractivity contribution >= 4 is 5.91 Å². The molecule has 3 N–H and O–H groups in total. The summed E-state index contributed by atoms with van der Waals surface area (Å²) in [6.07, 6.45) is 3.72. The third-order valence-corrected chi connectivity index (χ3v) is 2.92. The van der Waals surface area contributed by atoms with Gasteiger partial charge >= 0.3 is 0 Å². The Hall–Kier alpha value is -0.610. The van der Waals surface area contributed by atoms with Gasteiger partial charge in [0, 0.05) is 19.8 Å². The Balaban J connectivity index is 2.10. The second-order valence-corrected chi connectivity index (χ2v) is 4.52. The van der Waals surface area contributed by atoms with Crippen molar-refractivity contribution in [3.8, 4) is 0 Å². The molecule has 1 amide bonds. The van der Waals surface area contributed by atoms with Crippen LogP contribution in [0.4, 0.5) is 0 Å². The van der Waals surface area contributed by atoms with Gasteiger partial charge in [-0.15, -0.1) is 0 Å². The maximum Gasteiger partial charge on any atom is 0.237 e. The maximum atomic E-state index is 11.6. The van der Waals surface area contributed by atoms with Crippen LogP contribution in [0.25, 0.3) is 0 Å². The van der Waals surface area contributed by atoms with Crippen LogP contribution >= 0.6 is 0 Å². The molecule has 0 aromatic rings. The molecule has 1 unspecified atom stereocenters. The van der Waals surface area contributed by atoms with E-state index in [0.717, 1.165) is 25.2 Å². The monoisotopic (exact) mass is 214 g/mol. The molecule has 0 aromatic heterocycles. The van der Waals surface area contributed by atoms with Crippen LogP contribution < -0.4 is 11.1 Å². The fourth-order valence-corrected chi connectivity index (χ4v) is 1.91. The van der Waals surface area contributed by atoms with Gasteiger partial charge in [-0.3, -0.25) is 4.79 Å². The average Bonchev–Trinajstić information content (AvgIpc) is 2.15. The third-order valence-electron chi connectivity index (χ3n) is 2.92. The van der Waals surface area contributed by atoms with Crippen molar-refractivity contribution in [3.63, 3.8) is 0 Å². The summed E-state index contributed by atoms with van der Waals surface area (Å²) in [6, 6.07) is -0.0166. The highest BCUT2D eigenvalue weighted by Gasteiger charge is 2.27. The molecule has 1 atom stereocenters. The molecule has 0 aliphatic heterocycles. The molecule has 1 rings (SSSR count). The maximum absolute atomic E-state index is 11.6. The molecule has 15 heavy (non-hydrogen) atoms. The zero-order valence-electron chi connectivity index (χ0n) is 9.66. The summed E-state index contributed by atoms with van der Waals surface area (Å²) in [5.74, 6) is 0.739. The number of ether oxygens (including phenoxy) is 1. The number of amides is 1. The van der Waals surface area contributed by atoms with Gasteiger partial charge in [0.1, 0.15) is 0 Å². The van der Waals surface area contributed by atoms with Crippen LogP contribution in [0, 0.1) is 5.92 Å². The summed E-state index contributed by atoms with van der Waals surface area (Å²) in [5, 5.41) is 2.97. The molecule has 88 valence electrons. The van der Waals surface area contributed by atoms with E-state index in [4.69, 9.17) is 10.5 Å². The smallest absolute Gasteiger partial charge is 0.237 e. The summed E-state index contributed by atoms with van der Waals surface area (Å²) < 4.78 is 4.91. The lowest BCUT2D eigenvalue weighted by Crippen LogP contribution is -2.49. The molecule has 0 heterocycles. The van der Waals surface area contributed by atoms with Crippen molar-refractivity contribution in [2.24, 2.45) is 11.7 Å². The molecule has 1 aliphatic carbocycles. The van der Waals surface area contributed by atoms with Gasteiger partial charge in [-0.25, -0.2) is 0 Å². The minimum Gasteiger partial charge on any atom is -0.385 e. The highest BCUT2D eigenvalue weighted by Crippen LogP contribution is 2.26. The quantitative estimate of drug-likeness (QED) is 0.638. The minimum atomic E-state index is -0.379. The van der Waals surface area contributed by atoms with Crippen LogP contribution in [-0.2, 0) is 9.53 Å². The van der Waals surface area contributed by atoms with Crippen LogP contribution in [0.2, 0.25) is 0 Å². The van der Waals surface area contributed by atoms with E-state index in [1.807, 2.05) is 0 Å². The molecule has 0 radical (unpaired) electrons. The number of methoxy groups -OCH3 is 1. The highest BCUT2D eigenvalue weighted by atomic mass is 16.5. The van der Waals surface area contributed by atoms with E-state index in [9.17, 15) is 4.79 Å². The van der Waals surface area contributed by atoms with Gasteiger partial charge in [0.05, 0.1) is 6.04 Å². The first-order valence-corrected chi connectivity index (χ1v) is 5.68. The Bertz CT molecular complexity index is 203. The lowest BCUT2D eigenvalue weighted by atomic mass is 9.82. The number of hydrogen-bond donors (Lipinski definition) is 2. The van der Waals surface area contributed by atoms with E-state index in [-0.39, 0.29) is 11.9 Å². The molecule has 1 saturated carbocycles. The van der Waals surface area contributed by atoms with E-state index in [1.54, 1.807) is 7.11 Å². The lowest BCUT2D eigenvalue weighted by Gasteiger charge is -2.33. The zero-order chi connectivity index (χ0) is 11.3. The molecule has 1 fully saturated rings. The number of hydrogen-bond acceptors (Lipinski definition) is 3. The van der Waals surface area contributed by atoms with Crippen molar-refractivity contribution in [2.75, 3.05) is 13.7 Å². The van der Waals surface area contributed by atoms with E-state index in [2.05, 4.69) is 12.2 Å². The lowest BCUT2D eigenvalue weighted by molar-refractivity contribution is -0.124. The van der Waals surface area contributed by atoms with Crippen molar-refractivity contribution < 1.29 is 9.53 Å². The Morgan fingerprint density at radius 3 is 2.80 bits per heavy atom. The SMILES string of the molecule is COCCCC(N)C(=O)NC1CC(C)C1. The molecule has 4 nitrogen and oxygen atoms in total.